The van der Waals surface area contributed by atoms with E-state index in [9.17, 15) is 13.2 Å². The van der Waals surface area contributed by atoms with E-state index in [1.54, 1.807) is 4.90 Å². The fraction of sp³-hybridized carbons (Fsp3) is 0.667. The lowest BCUT2D eigenvalue weighted by Crippen LogP contribution is -2.29. The van der Waals surface area contributed by atoms with Crippen LogP contribution in [0, 0.1) is 5.92 Å². The van der Waals surface area contributed by atoms with Crippen LogP contribution in [0.1, 0.15) is 32.9 Å². The SMILES string of the molecule is CCC(C)CN(CC)c1cc(C(F)(F)F)nc(N)n1. The first kappa shape index (κ1) is 15.5. The van der Waals surface area contributed by atoms with Gasteiger partial charge in [-0.05, 0) is 12.8 Å². The molecule has 0 saturated heterocycles. The Morgan fingerprint density at radius 2 is 1.95 bits per heavy atom. The Balaban J connectivity index is 3.07. The molecule has 0 aliphatic carbocycles. The molecule has 7 heteroatoms. The highest BCUT2D eigenvalue weighted by molar-refractivity contribution is 5.44. The predicted octanol–water partition coefficient (Wildman–Crippen LogP) is 2.95. The average molecular weight is 276 g/mol. The van der Waals surface area contributed by atoms with E-state index in [-0.39, 0.29) is 11.8 Å². The Morgan fingerprint density at radius 3 is 2.42 bits per heavy atom. The van der Waals surface area contributed by atoms with Crippen molar-refractivity contribution < 1.29 is 13.2 Å². The number of hydrogen-bond acceptors (Lipinski definition) is 4. The molecular formula is C12H19F3N4. The van der Waals surface area contributed by atoms with Gasteiger partial charge in [-0.2, -0.15) is 18.2 Å². The summed E-state index contributed by atoms with van der Waals surface area (Å²) in [6.45, 7) is 7.15. The summed E-state index contributed by atoms with van der Waals surface area (Å²) in [7, 11) is 0. The Kier molecular flexibility index (Phi) is 4.97. The zero-order valence-electron chi connectivity index (χ0n) is 11.3. The summed E-state index contributed by atoms with van der Waals surface area (Å²) in [4.78, 5) is 8.91. The predicted molar refractivity (Wildman–Crippen MR) is 68.8 cm³/mol. The third-order valence-electron chi connectivity index (χ3n) is 2.96. The third kappa shape index (κ3) is 4.25. The summed E-state index contributed by atoms with van der Waals surface area (Å²) >= 11 is 0. The molecule has 0 aliphatic rings. The molecule has 1 aromatic heterocycles. The zero-order chi connectivity index (χ0) is 14.6. The van der Waals surface area contributed by atoms with E-state index in [4.69, 9.17) is 5.73 Å². The van der Waals surface area contributed by atoms with Gasteiger partial charge in [0.25, 0.3) is 0 Å². The van der Waals surface area contributed by atoms with E-state index in [0.29, 0.717) is 19.0 Å². The molecule has 1 atom stereocenters. The van der Waals surface area contributed by atoms with Crippen LogP contribution in [0.4, 0.5) is 24.9 Å². The molecule has 0 saturated carbocycles. The van der Waals surface area contributed by atoms with Crippen molar-refractivity contribution in [2.24, 2.45) is 5.92 Å². The van der Waals surface area contributed by atoms with Gasteiger partial charge in [-0.1, -0.05) is 20.3 Å². The van der Waals surface area contributed by atoms with Gasteiger partial charge in [0, 0.05) is 19.2 Å². The van der Waals surface area contributed by atoms with Gasteiger partial charge in [-0.3, -0.25) is 0 Å². The molecule has 1 unspecified atom stereocenters. The first-order valence-corrected chi connectivity index (χ1v) is 6.24. The molecule has 0 radical (unpaired) electrons. The number of anilines is 2. The maximum atomic E-state index is 12.7. The molecule has 0 amide bonds. The lowest BCUT2D eigenvalue weighted by Gasteiger charge is -2.25. The van der Waals surface area contributed by atoms with Crippen molar-refractivity contribution in [1.29, 1.82) is 0 Å². The summed E-state index contributed by atoms with van der Waals surface area (Å²) in [5, 5.41) is 0. The van der Waals surface area contributed by atoms with Crippen LogP contribution in [0.2, 0.25) is 0 Å². The minimum absolute atomic E-state index is 0.225. The molecule has 1 heterocycles. The maximum absolute atomic E-state index is 12.7. The van der Waals surface area contributed by atoms with Crippen LogP contribution in [0.3, 0.4) is 0 Å². The molecule has 0 spiro atoms. The second-order valence-electron chi connectivity index (χ2n) is 4.52. The summed E-state index contributed by atoms with van der Waals surface area (Å²) in [5.41, 5.74) is 4.36. The number of hydrogen-bond donors (Lipinski definition) is 1. The van der Waals surface area contributed by atoms with Gasteiger partial charge in [-0.25, -0.2) is 4.98 Å². The van der Waals surface area contributed by atoms with Gasteiger partial charge in [0.1, 0.15) is 5.82 Å². The van der Waals surface area contributed by atoms with E-state index < -0.39 is 11.9 Å². The number of nitrogens with two attached hydrogens (primary N) is 1. The van der Waals surface area contributed by atoms with Crippen molar-refractivity contribution in [3.05, 3.63) is 11.8 Å². The fourth-order valence-electron chi connectivity index (χ4n) is 1.65. The van der Waals surface area contributed by atoms with E-state index in [1.807, 2.05) is 20.8 Å². The second kappa shape index (κ2) is 6.08. The van der Waals surface area contributed by atoms with E-state index >= 15 is 0 Å². The van der Waals surface area contributed by atoms with Gasteiger partial charge < -0.3 is 10.6 Å². The summed E-state index contributed by atoms with van der Waals surface area (Å²) in [6, 6.07) is 0.947. The van der Waals surface area contributed by atoms with Gasteiger partial charge >= 0.3 is 6.18 Å². The monoisotopic (exact) mass is 276 g/mol. The number of aromatic nitrogens is 2. The lowest BCUT2D eigenvalue weighted by molar-refractivity contribution is -0.141. The van der Waals surface area contributed by atoms with E-state index in [2.05, 4.69) is 9.97 Å². The minimum atomic E-state index is -4.51. The molecular weight excluding hydrogens is 257 g/mol. The number of alkyl halides is 3. The van der Waals surface area contributed by atoms with Crippen molar-refractivity contribution in [3.8, 4) is 0 Å². The Hall–Kier alpha value is -1.53. The maximum Gasteiger partial charge on any atom is 0.433 e. The number of nitrogen functional groups attached to an aromatic ring is 1. The summed E-state index contributed by atoms with van der Waals surface area (Å²) in [6.07, 6.45) is -3.56. The van der Waals surface area contributed by atoms with Crippen LogP contribution >= 0.6 is 0 Å². The smallest absolute Gasteiger partial charge is 0.368 e. The summed E-state index contributed by atoms with van der Waals surface area (Å²) in [5.74, 6) is 0.237. The first-order chi connectivity index (χ1) is 8.77. The fourth-order valence-corrected chi connectivity index (χ4v) is 1.65. The molecule has 1 rings (SSSR count). The van der Waals surface area contributed by atoms with Crippen molar-refractivity contribution in [3.63, 3.8) is 0 Å². The largest absolute Gasteiger partial charge is 0.433 e. The Bertz CT molecular complexity index is 420. The minimum Gasteiger partial charge on any atom is -0.368 e. The first-order valence-electron chi connectivity index (χ1n) is 6.24. The molecule has 0 aromatic carbocycles. The van der Waals surface area contributed by atoms with Crippen LogP contribution in [0.25, 0.3) is 0 Å². The van der Waals surface area contributed by atoms with E-state index in [1.165, 1.54) is 0 Å². The van der Waals surface area contributed by atoms with Crippen LogP contribution in [-0.4, -0.2) is 23.1 Å². The third-order valence-corrected chi connectivity index (χ3v) is 2.96. The molecule has 1 aromatic rings. The lowest BCUT2D eigenvalue weighted by atomic mass is 10.1. The molecule has 19 heavy (non-hydrogen) atoms. The quantitative estimate of drug-likeness (QED) is 0.898. The molecule has 0 fully saturated rings. The van der Waals surface area contributed by atoms with Gasteiger partial charge in [0.05, 0.1) is 0 Å². The average Bonchev–Trinajstić information content (AvgIpc) is 2.33. The van der Waals surface area contributed by atoms with Crippen molar-refractivity contribution in [2.75, 3.05) is 23.7 Å². The highest BCUT2D eigenvalue weighted by Crippen LogP contribution is 2.30. The van der Waals surface area contributed by atoms with Gasteiger partial charge in [-0.15, -0.1) is 0 Å². The standard InChI is InChI=1S/C12H19F3N4/c1-4-8(3)7-19(5-2)10-6-9(12(13,14)15)17-11(16)18-10/h6,8H,4-5,7H2,1-3H3,(H2,16,17,18). The molecule has 108 valence electrons. The van der Waals surface area contributed by atoms with Crippen LogP contribution in [0.15, 0.2) is 6.07 Å². The zero-order valence-corrected chi connectivity index (χ0v) is 11.3. The van der Waals surface area contributed by atoms with Crippen molar-refractivity contribution >= 4 is 11.8 Å². The number of halogens is 3. The Labute approximate surface area is 110 Å². The summed E-state index contributed by atoms with van der Waals surface area (Å²) < 4.78 is 38.0. The number of nitrogens with zero attached hydrogens (tertiary/aromatic N) is 3. The van der Waals surface area contributed by atoms with E-state index in [0.717, 1.165) is 12.5 Å². The van der Waals surface area contributed by atoms with Crippen LogP contribution < -0.4 is 10.6 Å². The van der Waals surface area contributed by atoms with Crippen LogP contribution in [-0.2, 0) is 6.18 Å². The molecule has 4 nitrogen and oxygen atoms in total. The molecule has 0 bridgehead atoms. The van der Waals surface area contributed by atoms with Crippen molar-refractivity contribution in [2.45, 2.75) is 33.4 Å². The van der Waals surface area contributed by atoms with Crippen LogP contribution in [0.5, 0.6) is 0 Å². The van der Waals surface area contributed by atoms with Gasteiger partial charge in [0.2, 0.25) is 5.95 Å². The highest BCUT2D eigenvalue weighted by atomic mass is 19.4. The normalized spacial score (nSPS) is 13.4. The highest BCUT2D eigenvalue weighted by Gasteiger charge is 2.34. The second-order valence-corrected chi connectivity index (χ2v) is 4.52. The van der Waals surface area contributed by atoms with Gasteiger partial charge in [0.15, 0.2) is 5.69 Å². The topological polar surface area (TPSA) is 55.0 Å². The number of rotatable bonds is 5. The molecule has 2 N–H and O–H groups in total. The van der Waals surface area contributed by atoms with Crippen molar-refractivity contribution in [1.82, 2.24) is 9.97 Å². The molecule has 0 aliphatic heterocycles. The Morgan fingerprint density at radius 1 is 1.32 bits per heavy atom.